The Morgan fingerprint density at radius 1 is 1.30 bits per heavy atom. The van der Waals surface area contributed by atoms with Crippen LogP contribution in [-0.2, 0) is 29.5 Å². The van der Waals surface area contributed by atoms with Gasteiger partial charge in [0.25, 0.3) is 0 Å². The Kier molecular flexibility index (Phi) is 3.51. The summed E-state index contributed by atoms with van der Waals surface area (Å²) in [5.74, 6) is 0.478. The summed E-state index contributed by atoms with van der Waals surface area (Å²) in [6, 6.07) is 5.19. The first-order valence-electron chi connectivity index (χ1n) is 6.22. The lowest BCUT2D eigenvalue weighted by molar-refractivity contribution is 0.410. The highest BCUT2D eigenvalue weighted by atomic mass is 32.2. The van der Waals surface area contributed by atoms with E-state index in [0.717, 1.165) is 17.7 Å². The van der Waals surface area contributed by atoms with Crippen LogP contribution in [0.4, 0.5) is 0 Å². The third-order valence-electron chi connectivity index (χ3n) is 3.17. The zero-order valence-corrected chi connectivity index (χ0v) is 11.5. The molecule has 1 aliphatic heterocycles. The first kappa shape index (κ1) is 13.2. The smallest absolute Gasteiger partial charge is 0.240 e. The minimum Gasteiger partial charge on any atom is -0.343 e. The zero-order valence-electron chi connectivity index (χ0n) is 10.7. The van der Waals surface area contributed by atoms with Crippen molar-refractivity contribution in [3.63, 3.8) is 0 Å². The van der Waals surface area contributed by atoms with Crippen LogP contribution in [0.15, 0.2) is 34.0 Å². The van der Waals surface area contributed by atoms with Gasteiger partial charge in [-0.1, -0.05) is 11.2 Å². The van der Waals surface area contributed by atoms with Gasteiger partial charge in [0.1, 0.15) is 0 Å². The van der Waals surface area contributed by atoms with Crippen LogP contribution in [0.2, 0.25) is 0 Å². The van der Waals surface area contributed by atoms with Crippen molar-refractivity contribution >= 4 is 10.0 Å². The minimum absolute atomic E-state index is 0.233. The molecular weight excluding hydrogens is 280 g/mol. The van der Waals surface area contributed by atoms with Crippen LogP contribution >= 0.6 is 0 Å². The number of hydrogen-bond donors (Lipinski definition) is 2. The van der Waals surface area contributed by atoms with Gasteiger partial charge in [0, 0.05) is 26.1 Å². The summed E-state index contributed by atoms with van der Waals surface area (Å²) in [6.07, 6.45) is 1.61. The molecule has 1 aromatic heterocycles. The quantitative estimate of drug-likeness (QED) is 0.817. The highest BCUT2D eigenvalue weighted by molar-refractivity contribution is 7.89. The monoisotopic (exact) mass is 294 g/mol. The molecular formula is C12H14N4O3S. The van der Waals surface area contributed by atoms with E-state index in [2.05, 4.69) is 24.7 Å². The predicted molar refractivity (Wildman–Crippen MR) is 70.2 cm³/mol. The van der Waals surface area contributed by atoms with E-state index in [4.69, 9.17) is 0 Å². The van der Waals surface area contributed by atoms with E-state index in [9.17, 15) is 8.42 Å². The Hall–Kier alpha value is -1.77. The van der Waals surface area contributed by atoms with Crippen LogP contribution in [0.5, 0.6) is 0 Å². The predicted octanol–water partition coefficient (Wildman–Crippen LogP) is 0.194. The second-order valence-electron chi connectivity index (χ2n) is 4.53. The van der Waals surface area contributed by atoms with E-state index in [0.29, 0.717) is 18.8 Å². The Morgan fingerprint density at radius 3 is 2.95 bits per heavy atom. The van der Waals surface area contributed by atoms with Crippen molar-refractivity contribution in [1.82, 2.24) is 20.2 Å². The van der Waals surface area contributed by atoms with E-state index in [1.165, 1.54) is 6.39 Å². The van der Waals surface area contributed by atoms with Crippen molar-refractivity contribution in [2.75, 3.05) is 6.54 Å². The Morgan fingerprint density at radius 2 is 2.15 bits per heavy atom. The van der Waals surface area contributed by atoms with Crippen LogP contribution in [0.1, 0.15) is 17.0 Å². The molecule has 1 aliphatic rings. The number of aromatic nitrogens is 2. The number of rotatable bonds is 5. The number of benzene rings is 1. The average Bonchev–Trinajstić information content (AvgIpc) is 3.08. The first-order valence-corrected chi connectivity index (χ1v) is 7.71. The van der Waals surface area contributed by atoms with Crippen LogP contribution in [-0.4, -0.2) is 25.1 Å². The molecule has 0 bridgehead atoms. The summed E-state index contributed by atoms with van der Waals surface area (Å²) in [5, 5.41) is 6.81. The summed E-state index contributed by atoms with van der Waals surface area (Å²) >= 11 is 0. The zero-order chi connectivity index (χ0) is 14.0. The van der Waals surface area contributed by atoms with Crippen molar-refractivity contribution in [3.05, 3.63) is 41.5 Å². The lowest BCUT2D eigenvalue weighted by Crippen LogP contribution is -2.26. The SMILES string of the molecule is O=S(=O)(NCCc1ncon1)c1ccc2c(c1)CNC2. The van der Waals surface area contributed by atoms with Gasteiger partial charge in [-0.05, 0) is 23.3 Å². The fraction of sp³-hybridized carbons (Fsp3) is 0.333. The molecule has 2 N–H and O–H groups in total. The maximum atomic E-state index is 12.2. The molecule has 0 amide bonds. The van der Waals surface area contributed by atoms with Gasteiger partial charge in [0.05, 0.1) is 4.90 Å². The molecule has 106 valence electrons. The molecule has 1 aromatic carbocycles. The van der Waals surface area contributed by atoms with Gasteiger partial charge in [-0.2, -0.15) is 4.98 Å². The van der Waals surface area contributed by atoms with Gasteiger partial charge >= 0.3 is 0 Å². The number of nitrogens with zero attached hydrogens (tertiary/aromatic N) is 2. The molecule has 3 rings (SSSR count). The number of nitrogens with one attached hydrogen (secondary N) is 2. The van der Waals surface area contributed by atoms with Crippen molar-refractivity contribution in [2.45, 2.75) is 24.4 Å². The Balaban J connectivity index is 1.68. The summed E-state index contributed by atoms with van der Waals surface area (Å²) in [7, 11) is -3.50. The molecule has 8 heteroatoms. The van der Waals surface area contributed by atoms with Crippen molar-refractivity contribution in [3.8, 4) is 0 Å². The highest BCUT2D eigenvalue weighted by Crippen LogP contribution is 2.19. The average molecular weight is 294 g/mol. The summed E-state index contributed by atoms with van der Waals surface area (Å²) in [4.78, 5) is 4.12. The topological polar surface area (TPSA) is 97.1 Å². The van der Waals surface area contributed by atoms with E-state index >= 15 is 0 Å². The lowest BCUT2D eigenvalue weighted by atomic mass is 10.1. The lowest BCUT2D eigenvalue weighted by Gasteiger charge is -2.07. The fourth-order valence-electron chi connectivity index (χ4n) is 2.12. The van der Waals surface area contributed by atoms with E-state index in [1.54, 1.807) is 12.1 Å². The molecule has 2 heterocycles. The largest absolute Gasteiger partial charge is 0.343 e. The number of hydrogen-bond acceptors (Lipinski definition) is 6. The van der Waals surface area contributed by atoms with E-state index in [-0.39, 0.29) is 11.4 Å². The van der Waals surface area contributed by atoms with Gasteiger partial charge < -0.3 is 9.84 Å². The maximum absolute atomic E-state index is 12.2. The van der Waals surface area contributed by atoms with Crippen molar-refractivity contribution in [2.24, 2.45) is 0 Å². The van der Waals surface area contributed by atoms with Gasteiger partial charge in [-0.25, -0.2) is 13.1 Å². The molecule has 2 aromatic rings. The summed E-state index contributed by atoms with van der Waals surface area (Å²) in [5.41, 5.74) is 2.18. The molecule has 7 nitrogen and oxygen atoms in total. The van der Waals surface area contributed by atoms with Crippen LogP contribution in [0, 0.1) is 0 Å². The Bertz CT molecular complexity index is 697. The van der Waals surface area contributed by atoms with Crippen molar-refractivity contribution in [1.29, 1.82) is 0 Å². The fourth-order valence-corrected chi connectivity index (χ4v) is 3.20. The van der Waals surface area contributed by atoms with Gasteiger partial charge in [0.2, 0.25) is 16.4 Å². The molecule has 0 fully saturated rings. The van der Waals surface area contributed by atoms with E-state index in [1.807, 2.05) is 6.07 Å². The van der Waals surface area contributed by atoms with Gasteiger partial charge in [-0.3, -0.25) is 0 Å². The molecule has 0 aliphatic carbocycles. The van der Waals surface area contributed by atoms with Crippen LogP contribution in [0.25, 0.3) is 0 Å². The van der Waals surface area contributed by atoms with E-state index < -0.39 is 10.0 Å². The third-order valence-corrected chi connectivity index (χ3v) is 4.63. The normalized spacial score (nSPS) is 14.4. The second-order valence-corrected chi connectivity index (χ2v) is 6.30. The summed E-state index contributed by atoms with van der Waals surface area (Å²) in [6.45, 7) is 1.74. The molecule has 0 spiro atoms. The highest BCUT2D eigenvalue weighted by Gasteiger charge is 2.17. The van der Waals surface area contributed by atoms with Gasteiger partial charge in [-0.15, -0.1) is 0 Å². The number of sulfonamides is 1. The number of fused-ring (bicyclic) bond motifs is 1. The molecule has 0 atom stereocenters. The van der Waals surface area contributed by atoms with Crippen LogP contribution in [0.3, 0.4) is 0 Å². The molecule has 0 radical (unpaired) electrons. The second kappa shape index (κ2) is 5.31. The molecule has 0 saturated carbocycles. The van der Waals surface area contributed by atoms with Gasteiger partial charge in [0.15, 0.2) is 5.82 Å². The molecule has 0 saturated heterocycles. The standard InChI is InChI=1S/C12H14N4O3S/c17-20(18,15-4-3-12-14-8-19-16-12)11-2-1-9-6-13-7-10(9)5-11/h1-2,5,8,13,15H,3-4,6-7H2. The third kappa shape index (κ3) is 2.72. The first-order chi connectivity index (χ1) is 9.65. The summed E-state index contributed by atoms with van der Waals surface area (Å²) < 4.78 is 31.5. The Labute approximate surface area is 116 Å². The molecule has 20 heavy (non-hydrogen) atoms. The van der Waals surface area contributed by atoms with Crippen LogP contribution < -0.4 is 10.0 Å². The minimum atomic E-state index is -3.50. The maximum Gasteiger partial charge on any atom is 0.240 e. The van der Waals surface area contributed by atoms with Crippen molar-refractivity contribution < 1.29 is 12.9 Å². The molecule has 0 unspecified atom stereocenters.